The highest BCUT2D eigenvalue weighted by molar-refractivity contribution is 5.60. The summed E-state index contributed by atoms with van der Waals surface area (Å²) in [6.07, 6.45) is 2.80. The fourth-order valence-corrected chi connectivity index (χ4v) is 3.17. The first kappa shape index (κ1) is 18.5. The topological polar surface area (TPSA) is 68.1 Å². The Balaban J connectivity index is 1.48. The zero-order chi connectivity index (χ0) is 19.5. The Hall–Kier alpha value is -2.84. The van der Waals surface area contributed by atoms with Crippen LogP contribution in [0.5, 0.6) is 0 Å². The Morgan fingerprint density at radius 3 is 2.54 bits per heavy atom. The molecule has 0 amide bonds. The second kappa shape index (κ2) is 8.04. The molecule has 2 aromatic heterocycles. The first-order valence-corrected chi connectivity index (χ1v) is 9.27. The third-order valence-corrected chi connectivity index (χ3v) is 4.93. The lowest BCUT2D eigenvalue weighted by Gasteiger charge is -2.26. The molecule has 0 saturated carbocycles. The van der Waals surface area contributed by atoms with E-state index in [2.05, 4.69) is 37.3 Å². The van der Waals surface area contributed by atoms with Crippen molar-refractivity contribution in [1.29, 1.82) is 0 Å². The average molecular weight is 382 g/mol. The number of morpholine rings is 1. The van der Waals surface area contributed by atoms with Crippen LogP contribution in [0.1, 0.15) is 11.4 Å². The molecule has 7 nitrogen and oxygen atoms in total. The van der Waals surface area contributed by atoms with E-state index in [0.717, 1.165) is 44.4 Å². The molecule has 1 fully saturated rings. The maximum Gasteiger partial charge on any atom is 0.227 e. The molecule has 1 saturated heterocycles. The zero-order valence-corrected chi connectivity index (χ0v) is 16.0. The van der Waals surface area contributed by atoms with Crippen LogP contribution in [0.2, 0.25) is 0 Å². The predicted molar refractivity (Wildman–Crippen MR) is 105 cm³/mol. The maximum atomic E-state index is 14.3. The van der Waals surface area contributed by atoms with Gasteiger partial charge < -0.3 is 14.6 Å². The van der Waals surface area contributed by atoms with Crippen LogP contribution in [-0.2, 0) is 18.3 Å². The van der Waals surface area contributed by atoms with Crippen molar-refractivity contribution in [1.82, 2.24) is 24.4 Å². The van der Waals surface area contributed by atoms with E-state index in [1.165, 1.54) is 11.8 Å². The lowest BCUT2D eigenvalue weighted by Crippen LogP contribution is -2.35. The number of nitrogens with zero attached hydrogens (tertiary/aromatic N) is 5. The number of anilines is 2. The molecule has 1 aliphatic rings. The molecule has 146 valence electrons. The fraction of sp³-hybridized carbons (Fsp3) is 0.350. The minimum Gasteiger partial charge on any atom is -0.379 e. The molecule has 0 bridgehead atoms. The SMILES string of the molecule is Cc1ncc(-c2nc(Nc3ccc(CN4CCOCC4)cc3)ncc2F)n1C. The lowest BCUT2D eigenvalue weighted by atomic mass is 10.2. The summed E-state index contributed by atoms with van der Waals surface area (Å²) in [5.41, 5.74) is 2.92. The van der Waals surface area contributed by atoms with E-state index >= 15 is 0 Å². The summed E-state index contributed by atoms with van der Waals surface area (Å²) in [4.78, 5) is 15.0. The highest BCUT2D eigenvalue weighted by atomic mass is 19.1. The molecule has 3 aromatic rings. The van der Waals surface area contributed by atoms with Gasteiger partial charge in [-0.15, -0.1) is 0 Å². The number of aryl methyl sites for hydroxylation is 1. The maximum absolute atomic E-state index is 14.3. The van der Waals surface area contributed by atoms with Gasteiger partial charge in [0.25, 0.3) is 0 Å². The lowest BCUT2D eigenvalue weighted by molar-refractivity contribution is 0.0342. The molecule has 0 aliphatic carbocycles. The van der Waals surface area contributed by atoms with E-state index in [1.54, 1.807) is 10.8 Å². The Morgan fingerprint density at radius 2 is 1.86 bits per heavy atom. The number of halogens is 1. The molecule has 1 N–H and O–H groups in total. The average Bonchev–Trinajstić information content (AvgIpc) is 3.04. The van der Waals surface area contributed by atoms with Crippen LogP contribution in [0.15, 0.2) is 36.7 Å². The van der Waals surface area contributed by atoms with Crippen molar-refractivity contribution >= 4 is 11.6 Å². The van der Waals surface area contributed by atoms with Crippen molar-refractivity contribution < 1.29 is 9.13 Å². The number of ether oxygens (including phenoxy) is 1. The number of hydrogen-bond acceptors (Lipinski definition) is 6. The number of aromatic nitrogens is 4. The summed E-state index contributed by atoms with van der Waals surface area (Å²) in [6.45, 7) is 6.26. The number of nitrogens with one attached hydrogen (secondary N) is 1. The standard InChI is InChI=1S/C20H23FN6O/c1-14-22-12-18(26(14)2)19-17(21)11-23-20(25-19)24-16-5-3-15(4-6-16)13-27-7-9-28-10-8-27/h3-6,11-12H,7-10,13H2,1-2H3,(H,23,24,25). The van der Waals surface area contributed by atoms with Crippen LogP contribution in [0.3, 0.4) is 0 Å². The number of rotatable bonds is 5. The quantitative estimate of drug-likeness (QED) is 0.732. The van der Waals surface area contributed by atoms with Crippen LogP contribution in [0.25, 0.3) is 11.4 Å². The Morgan fingerprint density at radius 1 is 1.11 bits per heavy atom. The van der Waals surface area contributed by atoms with Crippen LogP contribution in [0, 0.1) is 12.7 Å². The van der Waals surface area contributed by atoms with Gasteiger partial charge in [0.15, 0.2) is 5.82 Å². The normalized spacial score (nSPS) is 15.0. The van der Waals surface area contributed by atoms with Crippen LogP contribution in [0.4, 0.5) is 16.0 Å². The van der Waals surface area contributed by atoms with Gasteiger partial charge in [-0.3, -0.25) is 4.90 Å². The molecule has 3 heterocycles. The van der Waals surface area contributed by atoms with Crippen molar-refractivity contribution in [3.8, 4) is 11.4 Å². The monoisotopic (exact) mass is 382 g/mol. The highest BCUT2D eigenvalue weighted by Gasteiger charge is 2.15. The third kappa shape index (κ3) is 4.02. The summed E-state index contributed by atoms with van der Waals surface area (Å²) in [6, 6.07) is 8.12. The molecule has 0 radical (unpaired) electrons. The van der Waals surface area contributed by atoms with E-state index in [0.29, 0.717) is 11.6 Å². The first-order chi connectivity index (χ1) is 13.6. The summed E-state index contributed by atoms with van der Waals surface area (Å²) in [7, 11) is 1.83. The van der Waals surface area contributed by atoms with Crippen LogP contribution in [-0.4, -0.2) is 50.7 Å². The number of imidazole rings is 1. The molecule has 0 atom stereocenters. The molecule has 0 unspecified atom stereocenters. The van der Waals surface area contributed by atoms with Crippen molar-refractivity contribution in [2.45, 2.75) is 13.5 Å². The fourth-order valence-electron chi connectivity index (χ4n) is 3.17. The smallest absolute Gasteiger partial charge is 0.227 e. The molecular formula is C20H23FN6O. The molecule has 0 spiro atoms. The summed E-state index contributed by atoms with van der Waals surface area (Å²) < 4.78 is 21.4. The minimum absolute atomic E-state index is 0.226. The van der Waals surface area contributed by atoms with Gasteiger partial charge in [-0.2, -0.15) is 0 Å². The van der Waals surface area contributed by atoms with Gasteiger partial charge in [-0.05, 0) is 24.6 Å². The molecule has 1 aliphatic heterocycles. The van der Waals surface area contributed by atoms with Gasteiger partial charge in [0.2, 0.25) is 5.95 Å². The van der Waals surface area contributed by atoms with Crippen molar-refractivity contribution in [3.63, 3.8) is 0 Å². The van der Waals surface area contributed by atoms with E-state index in [1.807, 2.05) is 26.1 Å². The van der Waals surface area contributed by atoms with E-state index in [-0.39, 0.29) is 5.69 Å². The minimum atomic E-state index is -0.477. The van der Waals surface area contributed by atoms with Gasteiger partial charge in [0.1, 0.15) is 11.5 Å². The molecule has 8 heteroatoms. The number of benzene rings is 1. The summed E-state index contributed by atoms with van der Waals surface area (Å²) in [5, 5.41) is 3.15. The Labute approximate surface area is 163 Å². The van der Waals surface area contributed by atoms with E-state index in [9.17, 15) is 4.39 Å². The summed E-state index contributed by atoms with van der Waals surface area (Å²) >= 11 is 0. The second-order valence-corrected chi connectivity index (χ2v) is 6.85. The number of hydrogen-bond donors (Lipinski definition) is 1. The molecule has 28 heavy (non-hydrogen) atoms. The summed E-state index contributed by atoms with van der Waals surface area (Å²) in [5.74, 6) is 0.656. The van der Waals surface area contributed by atoms with Crippen LogP contribution < -0.4 is 5.32 Å². The van der Waals surface area contributed by atoms with Gasteiger partial charge in [-0.1, -0.05) is 12.1 Å². The Bertz CT molecular complexity index is 950. The largest absolute Gasteiger partial charge is 0.379 e. The highest BCUT2D eigenvalue weighted by Crippen LogP contribution is 2.23. The van der Waals surface area contributed by atoms with Crippen molar-refractivity contribution in [2.75, 3.05) is 31.6 Å². The van der Waals surface area contributed by atoms with Crippen molar-refractivity contribution in [2.24, 2.45) is 7.05 Å². The first-order valence-electron chi connectivity index (χ1n) is 9.27. The zero-order valence-electron chi connectivity index (χ0n) is 16.0. The van der Waals surface area contributed by atoms with Gasteiger partial charge >= 0.3 is 0 Å². The molecule has 4 rings (SSSR count). The second-order valence-electron chi connectivity index (χ2n) is 6.85. The van der Waals surface area contributed by atoms with E-state index < -0.39 is 5.82 Å². The molecule has 1 aromatic carbocycles. The third-order valence-electron chi connectivity index (χ3n) is 4.93. The predicted octanol–water partition coefficient (Wildman–Crippen LogP) is 2.90. The molecular weight excluding hydrogens is 359 g/mol. The van der Waals surface area contributed by atoms with Crippen molar-refractivity contribution in [3.05, 3.63) is 53.9 Å². The van der Waals surface area contributed by atoms with Crippen LogP contribution >= 0.6 is 0 Å². The van der Waals surface area contributed by atoms with Gasteiger partial charge in [0, 0.05) is 32.4 Å². The van der Waals surface area contributed by atoms with Gasteiger partial charge in [0.05, 0.1) is 31.3 Å². The Kier molecular flexibility index (Phi) is 5.31. The van der Waals surface area contributed by atoms with Gasteiger partial charge in [-0.25, -0.2) is 19.3 Å². The van der Waals surface area contributed by atoms with E-state index in [4.69, 9.17) is 4.74 Å².